The molecule has 30 heavy (non-hydrogen) atoms. The molecular formula is C24H21Cl3N2O. The van der Waals surface area contributed by atoms with Gasteiger partial charge in [0, 0.05) is 31.2 Å². The quantitative estimate of drug-likeness (QED) is 0.464. The molecule has 0 radical (unpaired) electrons. The van der Waals surface area contributed by atoms with Crippen LogP contribution in [-0.2, 0) is 0 Å². The van der Waals surface area contributed by atoms with Gasteiger partial charge in [0.05, 0.1) is 21.7 Å². The zero-order valence-corrected chi connectivity index (χ0v) is 18.5. The van der Waals surface area contributed by atoms with Crippen molar-refractivity contribution >= 4 is 40.7 Å². The van der Waals surface area contributed by atoms with Crippen molar-refractivity contribution < 1.29 is 4.79 Å². The summed E-state index contributed by atoms with van der Waals surface area (Å²) in [4.78, 5) is 17.2. The predicted octanol–water partition coefficient (Wildman–Crippen LogP) is 6.19. The van der Waals surface area contributed by atoms with Crippen molar-refractivity contribution in [2.24, 2.45) is 0 Å². The van der Waals surface area contributed by atoms with Gasteiger partial charge in [0.15, 0.2) is 0 Å². The van der Waals surface area contributed by atoms with E-state index in [0.717, 1.165) is 18.1 Å². The first kappa shape index (κ1) is 21.2. The lowest BCUT2D eigenvalue weighted by Gasteiger charge is -2.40. The lowest BCUT2D eigenvalue weighted by atomic mass is 9.96. The van der Waals surface area contributed by atoms with Crippen LogP contribution in [0.3, 0.4) is 0 Å². The highest BCUT2D eigenvalue weighted by Crippen LogP contribution is 2.31. The Morgan fingerprint density at radius 3 is 1.87 bits per heavy atom. The van der Waals surface area contributed by atoms with Gasteiger partial charge < -0.3 is 4.90 Å². The first-order valence-corrected chi connectivity index (χ1v) is 11.0. The van der Waals surface area contributed by atoms with E-state index >= 15 is 0 Å². The Labute approximate surface area is 191 Å². The van der Waals surface area contributed by atoms with Gasteiger partial charge in [-0.1, -0.05) is 83.3 Å². The van der Waals surface area contributed by atoms with Crippen LogP contribution in [0.2, 0.25) is 15.1 Å². The maximum absolute atomic E-state index is 13.0. The highest BCUT2D eigenvalue weighted by Gasteiger charge is 2.29. The van der Waals surface area contributed by atoms with Crippen molar-refractivity contribution in [2.75, 3.05) is 26.2 Å². The zero-order chi connectivity index (χ0) is 21.1. The molecule has 0 spiro atoms. The van der Waals surface area contributed by atoms with Gasteiger partial charge in [-0.3, -0.25) is 9.69 Å². The summed E-state index contributed by atoms with van der Waals surface area (Å²) in [5.41, 5.74) is 2.78. The van der Waals surface area contributed by atoms with E-state index < -0.39 is 0 Å². The number of amides is 1. The number of hydrogen-bond acceptors (Lipinski definition) is 2. The Bertz CT molecular complexity index is 996. The average molecular weight is 460 g/mol. The van der Waals surface area contributed by atoms with Crippen LogP contribution < -0.4 is 0 Å². The molecule has 1 atom stereocenters. The molecule has 3 nitrogen and oxygen atoms in total. The Balaban J connectivity index is 1.54. The summed E-state index contributed by atoms with van der Waals surface area (Å²) in [5.74, 6) is -0.118. The molecule has 4 rings (SSSR count). The van der Waals surface area contributed by atoms with Crippen molar-refractivity contribution in [3.05, 3.63) is 105 Å². The number of halogens is 3. The van der Waals surface area contributed by atoms with E-state index in [-0.39, 0.29) is 11.9 Å². The van der Waals surface area contributed by atoms with Gasteiger partial charge in [0.2, 0.25) is 0 Å². The Kier molecular flexibility index (Phi) is 6.64. The minimum Gasteiger partial charge on any atom is -0.336 e. The topological polar surface area (TPSA) is 23.6 Å². The number of carbonyl (C=O) groups is 1. The van der Waals surface area contributed by atoms with Gasteiger partial charge in [-0.05, 0) is 35.4 Å². The zero-order valence-electron chi connectivity index (χ0n) is 16.3. The summed E-state index contributed by atoms with van der Waals surface area (Å²) in [6, 6.07) is 23.6. The molecule has 3 aromatic rings. The summed E-state index contributed by atoms with van der Waals surface area (Å²) in [6.45, 7) is 2.71. The molecule has 0 unspecified atom stereocenters. The minimum atomic E-state index is -0.118. The van der Waals surface area contributed by atoms with Crippen LogP contribution in [0.4, 0.5) is 0 Å². The normalized spacial score (nSPS) is 15.8. The van der Waals surface area contributed by atoms with Crippen LogP contribution in [0, 0.1) is 0 Å². The number of hydrogen-bond donors (Lipinski definition) is 0. The summed E-state index contributed by atoms with van der Waals surface area (Å²) in [7, 11) is 0. The van der Waals surface area contributed by atoms with E-state index in [2.05, 4.69) is 41.3 Å². The fourth-order valence-electron chi connectivity index (χ4n) is 3.94. The van der Waals surface area contributed by atoms with Crippen molar-refractivity contribution in [1.29, 1.82) is 0 Å². The largest absolute Gasteiger partial charge is 0.336 e. The highest BCUT2D eigenvalue weighted by molar-refractivity contribution is 6.39. The van der Waals surface area contributed by atoms with Crippen molar-refractivity contribution in [3.63, 3.8) is 0 Å². The molecule has 0 N–H and O–H groups in total. The summed E-state index contributed by atoms with van der Waals surface area (Å²) < 4.78 is 0. The van der Waals surface area contributed by atoms with Crippen molar-refractivity contribution in [3.8, 4) is 0 Å². The van der Waals surface area contributed by atoms with Gasteiger partial charge in [0.1, 0.15) is 0 Å². The molecule has 154 valence electrons. The van der Waals surface area contributed by atoms with E-state index in [1.807, 2.05) is 23.1 Å². The number of nitrogens with zero attached hydrogens (tertiary/aromatic N) is 2. The van der Waals surface area contributed by atoms with Crippen molar-refractivity contribution in [2.45, 2.75) is 6.04 Å². The lowest BCUT2D eigenvalue weighted by Crippen LogP contribution is -2.50. The lowest BCUT2D eigenvalue weighted by molar-refractivity contribution is 0.0597. The molecule has 1 saturated heterocycles. The minimum absolute atomic E-state index is 0.101. The number of rotatable bonds is 4. The Morgan fingerprint density at radius 1 is 0.700 bits per heavy atom. The molecule has 1 heterocycles. The van der Waals surface area contributed by atoms with Gasteiger partial charge >= 0.3 is 0 Å². The van der Waals surface area contributed by atoms with Crippen LogP contribution in [0.15, 0.2) is 72.8 Å². The standard InChI is InChI=1S/C24H21Cl3N2O/c25-19-11-9-18(10-12-19)23(17-5-2-1-3-6-17)28-13-15-29(16-14-28)24(30)22-20(26)7-4-8-21(22)27/h1-12,23H,13-16H2/t23-/m0/s1. The van der Waals surface area contributed by atoms with E-state index in [1.165, 1.54) is 11.1 Å². The third kappa shape index (κ3) is 4.50. The highest BCUT2D eigenvalue weighted by atomic mass is 35.5. The van der Waals surface area contributed by atoms with Crippen LogP contribution in [-0.4, -0.2) is 41.9 Å². The Morgan fingerprint density at radius 2 is 1.27 bits per heavy atom. The van der Waals surface area contributed by atoms with E-state index in [0.29, 0.717) is 28.7 Å². The molecule has 1 aliphatic rings. The van der Waals surface area contributed by atoms with Crippen LogP contribution >= 0.6 is 34.8 Å². The molecule has 0 aromatic heterocycles. The maximum atomic E-state index is 13.0. The Hall–Kier alpha value is -2.04. The number of carbonyl (C=O) groups excluding carboxylic acids is 1. The predicted molar refractivity (Wildman–Crippen MR) is 124 cm³/mol. The molecule has 3 aromatic carbocycles. The van der Waals surface area contributed by atoms with E-state index in [1.54, 1.807) is 18.2 Å². The molecule has 0 aliphatic carbocycles. The fraction of sp³-hybridized carbons (Fsp3) is 0.208. The van der Waals surface area contributed by atoms with E-state index in [4.69, 9.17) is 34.8 Å². The number of piperazine rings is 1. The molecular weight excluding hydrogens is 439 g/mol. The third-order valence-electron chi connectivity index (χ3n) is 5.44. The molecule has 1 amide bonds. The molecule has 1 fully saturated rings. The maximum Gasteiger partial charge on any atom is 0.256 e. The van der Waals surface area contributed by atoms with Gasteiger partial charge in [-0.2, -0.15) is 0 Å². The molecule has 1 aliphatic heterocycles. The summed E-state index contributed by atoms with van der Waals surface area (Å²) >= 11 is 18.6. The SMILES string of the molecule is O=C(c1c(Cl)cccc1Cl)N1CCN([C@@H](c2ccccc2)c2ccc(Cl)cc2)CC1. The van der Waals surface area contributed by atoms with Crippen molar-refractivity contribution in [1.82, 2.24) is 9.80 Å². The van der Waals surface area contributed by atoms with Crippen LogP contribution in [0.25, 0.3) is 0 Å². The molecule has 0 saturated carbocycles. The average Bonchev–Trinajstić information content (AvgIpc) is 2.76. The fourth-order valence-corrected chi connectivity index (χ4v) is 4.62. The second-order valence-corrected chi connectivity index (χ2v) is 8.54. The second kappa shape index (κ2) is 9.40. The smallest absolute Gasteiger partial charge is 0.256 e. The van der Waals surface area contributed by atoms with Gasteiger partial charge in [-0.15, -0.1) is 0 Å². The molecule has 0 bridgehead atoms. The first-order chi connectivity index (χ1) is 14.5. The van der Waals surface area contributed by atoms with Gasteiger partial charge in [0.25, 0.3) is 5.91 Å². The third-order valence-corrected chi connectivity index (χ3v) is 6.33. The van der Waals surface area contributed by atoms with E-state index in [9.17, 15) is 4.79 Å². The monoisotopic (exact) mass is 458 g/mol. The second-order valence-electron chi connectivity index (χ2n) is 7.29. The van der Waals surface area contributed by atoms with Gasteiger partial charge in [-0.25, -0.2) is 0 Å². The first-order valence-electron chi connectivity index (χ1n) is 9.82. The molecule has 6 heteroatoms. The number of benzene rings is 3. The van der Waals surface area contributed by atoms with Crippen LogP contribution in [0.1, 0.15) is 27.5 Å². The summed E-state index contributed by atoms with van der Waals surface area (Å²) in [6.07, 6.45) is 0. The van der Waals surface area contributed by atoms with Crippen LogP contribution in [0.5, 0.6) is 0 Å². The summed E-state index contributed by atoms with van der Waals surface area (Å²) in [5, 5.41) is 1.49.